The standard InChI is InChI=1S/C18H19BrN6O2S2/c1-10-11(2)29-17(21-10)22-15(26)9-28-18-24-23-14(25(18)3)8-20-16(27)12-6-4-5-7-13(12)19/h4-7H,8-9H2,1-3H3,(H,20,27)(H,21,22,26). The molecule has 29 heavy (non-hydrogen) atoms. The van der Waals surface area contributed by atoms with Gasteiger partial charge in [0, 0.05) is 16.4 Å². The van der Waals surface area contributed by atoms with E-state index in [9.17, 15) is 9.59 Å². The number of carbonyl (C=O) groups excluding carboxylic acids is 2. The zero-order valence-electron chi connectivity index (χ0n) is 16.0. The highest BCUT2D eigenvalue weighted by atomic mass is 79.9. The van der Waals surface area contributed by atoms with Gasteiger partial charge in [-0.25, -0.2) is 4.98 Å². The third-order valence-electron chi connectivity index (χ3n) is 4.06. The topological polar surface area (TPSA) is 102 Å². The Morgan fingerprint density at radius 3 is 2.69 bits per heavy atom. The van der Waals surface area contributed by atoms with E-state index < -0.39 is 0 Å². The van der Waals surface area contributed by atoms with Crippen molar-refractivity contribution in [2.24, 2.45) is 7.05 Å². The molecule has 2 N–H and O–H groups in total. The van der Waals surface area contributed by atoms with Crippen molar-refractivity contribution in [3.05, 3.63) is 50.7 Å². The Morgan fingerprint density at radius 2 is 2.00 bits per heavy atom. The molecule has 3 aromatic rings. The van der Waals surface area contributed by atoms with Crippen LogP contribution in [0.1, 0.15) is 26.8 Å². The minimum Gasteiger partial charge on any atom is -0.345 e. The number of halogens is 1. The summed E-state index contributed by atoms with van der Waals surface area (Å²) in [6.45, 7) is 4.11. The molecule has 8 nitrogen and oxygen atoms in total. The number of nitrogens with one attached hydrogen (secondary N) is 2. The van der Waals surface area contributed by atoms with Crippen LogP contribution in [0.15, 0.2) is 33.9 Å². The molecule has 0 bridgehead atoms. The van der Waals surface area contributed by atoms with Gasteiger partial charge in [-0.1, -0.05) is 23.9 Å². The maximum atomic E-state index is 12.3. The van der Waals surface area contributed by atoms with Crippen molar-refractivity contribution in [2.75, 3.05) is 11.1 Å². The summed E-state index contributed by atoms with van der Waals surface area (Å²) in [6, 6.07) is 7.20. The van der Waals surface area contributed by atoms with Crippen LogP contribution in [0.2, 0.25) is 0 Å². The number of hydrogen-bond donors (Lipinski definition) is 2. The Labute approximate surface area is 184 Å². The van der Waals surface area contributed by atoms with Crippen LogP contribution in [0.3, 0.4) is 0 Å². The summed E-state index contributed by atoms with van der Waals surface area (Å²) >= 11 is 6.09. The molecule has 2 aromatic heterocycles. The highest BCUT2D eigenvalue weighted by Gasteiger charge is 2.15. The second-order valence-electron chi connectivity index (χ2n) is 6.12. The van der Waals surface area contributed by atoms with Crippen molar-refractivity contribution in [1.29, 1.82) is 0 Å². The molecular weight excluding hydrogens is 476 g/mol. The van der Waals surface area contributed by atoms with Gasteiger partial charge in [0.25, 0.3) is 5.91 Å². The SMILES string of the molecule is Cc1nc(NC(=O)CSc2nnc(CNC(=O)c3ccccc3Br)n2C)sc1C. The first kappa shape index (κ1) is 21.5. The van der Waals surface area contributed by atoms with Gasteiger partial charge >= 0.3 is 0 Å². The Balaban J connectivity index is 1.53. The maximum absolute atomic E-state index is 12.3. The molecule has 1 aromatic carbocycles. The van der Waals surface area contributed by atoms with Crippen molar-refractivity contribution >= 4 is 56.0 Å². The zero-order chi connectivity index (χ0) is 21.0. The van der Waals surface area contributed by atoms with Crippen LogP contribution in [-0.2, 0) is 18.4 Å². The quantitative estimate of drug-likeness (QED) is 0.488. The van der Waals surface area contributed by atoms with Gasteiger partial charge in [0.05, 0.1) is 23.6 Å². The van der Waals surface area contributed by atoms with Gasteiger partial charge in [0.1, 0.15) is 0 Å². The molecule has 0 aliphatic rings. The van der Waals surface area contributed by atoms with E-state index in [1.807, 2.05) is 26.0 Å². The Bertz CT molecular complexity index is 1030. The van der Waals surface area contributed by atoms with Crippen LogP contribution in [0.25, 0.3) is 0 Å². The predicted molar refractivity (Wildman–Crippen MR) is 117 cm³/mol. The fourth-order valence-electron chi connectivity index (χ4n) is 2.34. The average Bonchev–Trinajstić information content (AvgIpc) is 3.19. The molecular formula is C18H19BrN6O2S2. The lowest BCUT2D eigenvalue weighted by Crippen LogP contribution is -2.24. The van der Waals surface area contributed by atoms with Crippen molar-refractivity contribution in [1.82, 2.24) is 25.1 Å². The van der Waals surface area contributed by atoms with E-state index >= 15 is 0 Å². The van der Waals surface area contributed by atoms with E-state index in [1.165, 1.54) is 23.1 Å². The van der Waals surface area contributed by atoms with Crippen LogP contribution >= 0.6 is 39.0 Å². The summed E-state index contributed by atoms with van der Waals surface area (Å²) in [7, 11) is 1.80. The lowest BCUT2D eigenvalue weighted by Gasteiger charge is -2.07. The third-order valence-corrected chi connectivity index (χ3v) is 6.76. The van der Waals surface area contributed by atoms with Crippen LogP contribution in [0.4, 0.5) is 5.13 Å². The molecule has 0 aliphatic carbocycles. The first-order valence-corrected chi connectivity index (χ1v) is 11.2. The molecule has 0 fully saturated rings. The third kappa shape index (κ3) is 5.43. The second-order valence-corrected chi connectivity index (χ2v) is 9.12. The molecule has 0 unspecified atom stereocenters. The van der Waals surface area contributed by atoms with E-state index in [-0.39, 0.29) is 24.1 Å². The number of aromatic nitrogens is 4. The number of thiazole rings is 1. The Kier molecular flexibility index (Phi) is 7.04. The molecule has 2 amide bonds. The summed E-state index contributed by atoms with van der Waals surface area (Å²) < 4.78 is 2.49. The Morgan fingerprint density at radius 1 is 1.24 bits per heavy atom. The van der Waals surface area contributed by atoms with Crippen LogP contribution < -0.4 is 10.6 Å². The minimum absolute atomic E-state index is 0.157. The predicted octanol–water partition coefficient (Wildman–Crippen LogP) is 3.31. The lowest BCUT2D eigenvalue weighted by molar-refractivity contribution is -0.113. The number of thioether (sulfide) groups is 1. The van der Waals surface area contributed by atoms with E-state index in [0.717, 1.165) is 15.0 Å². The molecule has 0 atom stereocenters. The summed E-state index contributed by atoms with van der Waals surface area (Å²) in [5.41, 5.74) is 1.47. The number of rotatable bonds is 7. The molecule has 0 spiro atoms. The number of amides is 2. The normalized spacial score (nSPS) is 10.8. The maximum Gasteiger partial charge on any atom is 0.252 e. The zero-order valence-corrected chi connectivity index (χ0v) is 19.2. The monoisotopic (exact) mass is 494 g/mol. The largest absolute Gasteiger partial charge is 0.345 e. The van der Waals surface area contributed by atoms with Gasteiger partial charge in [0.15, 0.2) is 16.1 Å². The van der Waals surface area contributed by atoms with Gasteiger partial charge in [0.2, 0.25) is 5.91 Å². The highest BCUT2D eigenvalue weighted by Crippen LogP contribution is 2.22. The van der Waals surface area contributed by atoms with Gasteiger partial charge in [-0.15, -0.1) is 21.5 Å². The summed E-state index contributed by atoms with van der Waals surface area (Å²) in [4.78, 5) is 29.8. The van der Waals surface area contributed by atoms with Crippen molar-refractivity contribution < 1.29 is 9.59 Å². The number of benzene rings is 1. The van der Waals surface area contributed by atoms with Crippen molar-refractivity contribution in [3.63, 3.8) is 0 Å². The molecule has 2 heterocycles. The van der Waals surface area contributed by atoms with Crippen LogP contribution in [0.5, 0.6) is 0 Å². The first-order chi connectivity index (χ1) is 13.8. The molecule has 152 valence electrons. The number of nitrogens with zero attached hydrogens (tertiary/aromatic N) is 4. The van der Waals surface area contributed by atoms with E-state index in [0.29, 0.717) is 21.7 Å². The van der Waals surface area contributed by atoms with Crippen LogP contribution in [-0.4, -0.2) is 37.3 Å². The number of carbonyl (C=O) groups is 2. The highest BCUT2D eigenvalue weighted by molar-refractivity contribution is 9.10. The number of hydrogen-bond acceptors (Lipinski definition) is 7. The van der Waals surface area contributed by atoms with Crippen LogP contribution in [0, 0.1) is 13.8 Å². The van der Waals surface area contributed by atoms with Crippen molar-refractivity contribution in [3.8, 4) is 0 Å². The summed E-state index contributed by atoms with van der Waals surface area (Å²) in [5, 5.41) is 15.0. The van der Waals surface area contributed by atoms with E-state index in [4.69, 9.17) is 0 Å². The molecule has 11 heteroatoms. The smallest absolute Gasteiger partial charge is 0.252 e. The summed E-state index contributed by atoms with van der Waals surface area (Å²) in [6.07, 6.45) is 0. The minimum atomic E-state index is -0.205. The Hall–Kier alpha value is -2.24. The molecule has 0 saturated heterocycles. The summed E-state index contributed by atoms with van der Waals surface area (Å²) in [5.74, 6) is 0.422. The first-order valence-electron chi connectivity index (χ1n) is 8.63. The molecule has 3 rings (SSSR count). The molecule has 0 aliphatic heterocycles. The fraction of sp³-hybridized carbons (Fsp3) is 0.278. The van der Waals surface area contributed by atoms with Gasteiger partial charge in [-0.2, -0.15) is 0 Å². The fourth-order valence-corrected chi connectivity index (χ4v) is 4.36. The average molecular weight is 495 g/mol. The lowest BCUT2D eigenvalue weighted by atomic mass is 10.2. The van der Waals surface area contributed by atoms with Crippen molar-refractivity contribution in [2.45, 2.75) is 25.5 Å². The van der Waals surface area contributed by atoms with E-state index in [2.05, 4.69) is 41.7 Å². The second kappa shape index (κ2) is 9.51. The van der Waals surface area contributed by atoms with Gasteiger partial charge in [-0.3, -0.25) is 9.59 Å². The van der Waals surface area contributed by atoms with Gasteiger partial charge < -0.3 is 15.2 Å². The number of aryl methyl sites for hydroxylation is 2. The van der Waals surface area contributed by atoms with E-state index in [1.54, 1.807) is 23.7 Å². The number of anilines is 1. The molecule has 0 saturated carbocycles. The van der Waals surface area contributed by atoms with Gasteiger partial charge in [-0.05, 0) is 41.9 Å². The molecule has 0 radical (unpaired) electrons.